The number of halogens is 7. The predicted molar refractivity (Wildman–Crippen MR) is 84.5 cm³/mol. The van der Waals surface area contributed by atoms with Gasteiger partial charge in [-0.15, -0.1) is 0 Å². The third-order valence-corrected chi connectivity index (χ3v) is 3.80. The van der Waals surface area contributed by atoms with Crippen molar-refractivity contribution in [3.63, 3.8) is 0 Å². The van der Waals surface area contributed by atoms with Gasteiger partial charge in [0.25, 0.3) is 5.92 Å². The molecule has 0 spiro atoms. The maximum absolute atomic E-state index is 13.8. The van der Waals surface area contributed by atoms with Crippen molar-refractivity contribution in [3.05, 3.63) is 0 Å². The van der Waals surface area contributed by atoms with Crippen LogP contribution in [-0.2, 0) is 14.2 Å². The molecule has 3 unspecified atom stereocenters. The van der Waals surface area contributed by atoms with E-state index in [2.05, 4.69) is 0 Å². The van der Waals surface area contributed by atoms with Gasteiger partial charge in [0.15, 0.2) is 0 Å². The Morgan fingerprint density at radius 1 is 0.963 bits per heavy atom. The highest BCUT2D eigenvalue weighted by Gasteiger charge is 2.52. The average molecular weight is 416 g/mol. The van der Waals surface area contributed by atoms with E-state index in [0.717, 1.165) is 9.80 Å². The normalized spacial score (nSPS) is 24.4. The number of morpholine rings is 1. The Morgan fingerprint density at radius 3 is 1.89 bits per heavy atom. The summed E-state index contributed by atoms with van der Waals surface area (Å²) >= 11 is 0. The molecule has 0 aromatic carbocycles. The first-order chi connectivity index (χ1) is 12.0. The minimum Gasteiger partial charge on any atom is -0.379 e. The van der Waals surface area contributed by atoms with Crippen molar-refractivity contribution in [2.75, 3.05) is 60.2 Å². The lowest BCUT2D eigenvalue weighted by Crippen LogP contribution is -2.57. The highest BCUT2D eigenvalue weighted by molar-refractivity contribution is 4.87. The van der Waals surface area contributed by atoms with E-state index in [1.807, 2.05) is 0 Å². The van der Waals surface area contributed by atoms with Crippen molar-refractivity contribution in [1.82, 2.24) is 9.80 Å². The van der Waals surface area contributed by atoms with Crippen molar-refractivity contribution in [1.29, 1.82) is 0 Å². The molecular weight excluding hydrogens is 389 g/mol. The molecule has 0 saturated carbocycles. The molecule has 12 heteroatoms. The van der Waals surface area contributed by atoms with E-state index >= 15 is 0 Å². The summed E-state index contributed by atoms with van der Waals surface area (Å²) < 4.78 is 92.4. The third kappa shape index (κ3) is 8.06. The van der Waals surface area contributed by atoms with E-state index in [1.165, 1.54) is 14.1 Å². The fourth-order valence-electron chi connectivity index (χ4n) is 2.36. The zero-order valence-electron chi connectivity index (χ0n) is 15.5. The van der Waals surface area contributed by atoms with Crippen molar-refractivity contribution < 1.29 is 45.3 Å². The molecule has 27 heavy (non-hydrogen) atoms. The molecule has 0 aliphatic carbocycles. The molecule has 3 atom stereocenters. The van der Waals surface area contributed by atoms with Crippen LogP contribution in [0.2, 0.25) is 0 Å². The average Bonchev–Trinajstić information content (AvgIpc) is 2.61. The molecule has 0 amide bonds. The number of hydrogen-bond donors (Lipinski definition) is 0. The number of hydrogen-bond acceptors (Lipinski definition) is 5. The van der Waals surface area contributed by atoms with Crippen LogP contribution in [0.25, 0.3) is 0 Å². The van der Waals surface area contributed by atoms with Gasteiger partial charge in [0.1, 0.15) is 6.10 Å². The van der Waals surface area contributed by atoms with Gasteiger partial charge in [0, 0.05) is 20.0 Å². The van der Waals surface area contributed by atoms with Gasteiger partial charge < -0.3 is 14.2 Å². The van der Waals surface area contributed by atoms with Gasteiger partial charge in [-0.1, -0.05) is 0 Å². The molecule has 0 N–H and O–H groups in total. The first-order valence-corrected chi connectivity index (χ1v) is 8.19. The van der Waals surface area contributed by atoms with Gasteiger partial charge in [-0.05, 0) is 14.1 Å². The van der Waals surface area contributed by atoms with Crippen LogP contribution in [0.1, 0.15) is 6.92 Å². The number of ether oxygens (including phenoxy) is 3. The van der Waals surface area contributed by atoms with Gasteiger partial charge in [0.05, 0.1) is 33.0 Å². The van der Waals surface area contributed by atoms with Crippen LogP contribution >= 0.6 is 0 Å². The summed E-state index contributed by atoms with van der Waals surface area (Å²) in [5, 5.41) is 0. The second-order valence-corrected chi connectivity index (χ2v) is 6.35. The van der Waals surface area contributed by atoms with Crippen molar-refractivity contribution in [3.8, 4) is 0 Å². The van der Waals surface area contributed by atoms with Crippen LogP contribution < -0.4 is 0 Å². The van der Waals surface area contributed by atoms with Crippen molar-refractivity contribution >= 4 is 0 Å². The summed E-state index contributed by atoms with van der Waals surface area (Å²) in [6.07, 6.45) is -6.04. The highest BCUT2D eigenvalue weighted by Crippen LogP contribution is 2.32. The van der Waals surface area contributed by atoms with E-state index in [1.54, 1.807) is 0 Å². The van der Waals surface area contributed by atoms with Gasteiger partial charge >= 0.3 is 5.92 Å². The Bertz CT molecular complexity index is 401. The molecule has 2 heterocycles. The number of rotatable bonds is 5. The van der Waals surface area contributed by atoms with Crippen LogP contribution in [0.5, 0.6) is 0 Å². The first kappa shape index (κ1) is 26.3. The van der Waals surface area contributed by atoms with Gasteiger partial charge in [-0.3, -0.25) is 14.5 Å². The lowest BCUT2D eigenvalue weighted by molar-refractivity contribution is -0.246. The van der Waals surface area contributed by atoms with E-state index < -0.39 is 30.5 Å². The molecule has 2 saturated heterocycles. The first-order valence-electron chi connectivity index (χ1n) is 8.19. The van der Waals surface area contributed by atoms with Crippen LogP contribution in [-0.4, -0.2) is 101 Å². The lowest BCUT2D eigenvalue weighted by atomic mass is 10.1. The molecule has 2 aliphatic rings. The smallest absolute Gasteiger partial charge is 0.319 e. The van der Waals surface area contributed by atoms with Crippen molar-refractivity contribution in [2.24, 2.45) is 0 Å². The Balaban J connectivity index is 0.000000584. The molecule has 2 fully saturated rings. The minimum absolute atomic E-state index is 0. The molecule has 0 radical (unpaired) electrons. The Hall–Kier alpha value is -0.690. The fraction of sp³-hybridized carbons (Fsp3) is 1.00. The lowest BCUT2D eigenvalue weighted by Gasteiger charge is -2.38. The molecule has 2 aliphatic heterocycles. The maximum Gasteiger partial charge on any atom is 0.319 e. The zero-order chi connectivity index (χ0) is 20.0. The van der Waals surface area contributed by atoms with Gasteiger partial charge in [-0.25, -0.2) is 17.6 Å². The molecule has 0 aromatic heterocycles. The molecule has 0 aromatic rings. The van der Waals surface area contributed by atoms with E-state index in [9.17, 15) is 26.3 Å². The largest absolute Gasteiger partial charge is 0.379 e. The summed E-state index contributed by atoms with van der Waals surface area (Å²) in [6.45, 7) is 1.54. The Kier molecular flexibility index (Phi) is 11.1. The minimum atomic E-state index is -3.56. The summed E-state index contributed by atoms with van der Waals surface area (Å²) in [5.74, 6) is -6.82. The van der Waals surface area contributed by atoms with E-state index in [0.29, 0.717) is 6.92 Å². The zero-order valence-corrected chi connectivity index (χ0v) is 15.5. The standard InChI is InChI=1S/C10H16F3NO3.C5H10F3N.FH/c11-9(14-1-3-15-4-2-14)10(12,13)8-7-16-5-6-17-8;1-5(7,8)4(6)9(2)3;/h8-9H,1-7H2;4H,1-3H3;1H. The topological polar surface area (TPSA) is 34.2 Å². The van der Waals surface area contributed by atoms with Crippen molar-refractivity contribution in [2.45, 2.75) is 37.5 Å². The summed E-state index contributed by atoms with van der Waals surface area (Å²) in [6, 6.07) is 0. The summed E-state index contributed by atoms with van der Waals surface area (Å²) in [4.78, 5) is 1.92. The van der Waals surface area contributed by atoms with Crippen LogP contribution in [0, 0.1) is 0 Å². The number of nitrogens with zero attached hydrogens (tertiary/aromatic N) is 2. The fourth-order valence-corrected chi connectivity index (χ4v) is 2.36. The predicted octanol–water partition coefficient (Wildman–Crippen LogP) is 2.32. The number of alkyl halides is 6. The van der Waals surface area contributed by atoms with E-state index in [-0.39, 0.29) is 50.8 Å². The van der Waals surface area contributed by atoms with Crippen LogP contribution in [0.4, 0.5) is 31.0 Å². The monoisotopic (exact) mass is 416 g/mol. The molecule has 164 valence electrons. The van der Waals surface area contributed by atoms with Gasteiger partial charge in [0.2, 0.25) is 12.6 Å². The van der Waals surface area contributed by atoms with Crippen LogP contribution in [0.15, 0.2) is 0 Å². The second-order valence-electron chi connectivity index (χ2n) is 6.35. The summed E-state index contributed by atoms with van der Waals surface area (Å²) in [7, 11) is 2.53. The highest BCUT2D eigenvalue weighted by atomic mass is 19.3. The Morgan fingerprint density at radius 2 is 1.52 bits per heavy atom. The van der Waals surface area contributed by atoms with Gasteiger partial charge in [-0.2, -0.15) is 8.78 Å². The molecule has 0 bridgehead atoms. The Labute approximate surface area is 153 Å². The second kappa shape index (κ2) is 11.3. The van der Waals surface area contributed by atoms with E-state index in [4.69, 9.17) is 14.2 Å². The molecular formula is C15H27F7N2O3. The quantitative estimate of drug-likeness (QED) is 0.508. The SMILES string of the molecule is CN(C)C(F)C(C)(F)F.F.FC(N1CCOCC1)C(F)(F)C1COCCO1. The summed E-state index contributed by atoms with van der Waals surface area (Å²) in [5.41, 5.74) is 0. The van der Waals surface area contributed by atoms with Crippen LogP contribution in [0.3, 0.4) is 0 Å². The molecule has 5 nitrogen and oxygen atoms in total. The molecule has 2 rings (SSSR count). The maximum atomic E-state index is 13.8. The third-order valence-electron chi connectivity index (χ3n) is 3.80.